The summed E-state index contributed by atoms with van der Waals surface area (Å²) in [6.07, 6.45) is 2.10. The van der Waals surface area contributed by atoms with Crippen LogP contribution in [0.2, 0.25) is 0 Å². The van der Waals surface area contributed by atoms with Crippen molar-refractivity contribution in [1.29, 1.82) is 0 Å². The van der Waals surface area contributed by atoms with E-state index in [0.717, 1.165) is 29.6 Å². The minimum Gasteiger partial charge on any atom is -0.474 e. The fraction of sp³-hybridized carbons (Fsp3) is 0.261. The summed E-state index contributed by atoms with van der Waals surface area (Å²) < 4.78 is 8.15. The number of aryl methyl sites for hydroxylation is 1. The molecule has 3 nitrogen and oxygen atoms in total. The first kappa shape index (κ1) is 17.9. The second kappa shape index (κ2) is 8.49. The number of aliphatic imine (C=N–C) groups is 1. The van der Waals surface area contributed by atoms with Gasteiger partial charge in [-0.2, -0.15) is 11.8 Å². The van der Waals surface area contributed by atoms with Gasteiger partial charge in [-0.05, 0) is 30.2 Å². The van der Waals surface area contributed by atoms with E-state index in [-0.39, 0.29) is 6.04 Å². The number of aromatic nitrogens is 1. The number of nitrogens with zero attached hydrogens (tertiary/aromatic N) is 2. The maximum absolute atomic E-state index is 5.93. The lowest BCUT2D eigenvalue weighted by molar-refractivity contribution is 0.323. The number of hydrogen-bond donors (Lipinski definition) is 0. The molecular weight excluding hydrogens is 352 g/mol. The molecule has 1 aliphatic heterocycles. The van der Waals surface area contributed by atoms with E-state index in [0.29, 0.717) is 6.61 Å². The summed E-state index contributed by atoms with van der Waals surface area (Å²) in [5, 5.41) is 0. The highest BCUT2D eigenvalue weighted by Crippen LogP contribution is 2.20. The Morgan fingerprint density at radius 3 is 2.74 bits per heavy atom. The predicted octanol–water partition coefficient (Wildman–Crippen LogP) is 4.92. The Morgan fingerprint density at radius 2 is 1.89 bits per heavy atom. The lowest BCUT2D eigenvalue weighted by Gasteiger charge is -2.09. The lowest BCUT2D eigenvalue weighted by Crippen LogP contribution is -2.11. The second-order valence-electron chi connectivity index (χ2n) is 6.91. The van der Waals surface area contributed by atoms with Crippen molar-refractivity contribution in [2.75, 3.05) is 12.4 Å². The van der Waals surface area contributed by atoms with Gasteiger partial charge in [0.25, 0.3) is 0 Å². The maximum atomic E-state index is 5.93. The summed E-state index contributed by atoms with van der Waals surface area (Å²) in [6.45, 7) is 3.63. The zero-order chi connectivity index (χ0) is 18.5. The van der Waals surface area contributed by atoms with Gasteiger partial charge in [0.1, 0.15) is 12.3 Å². The van der Waals surface area contributed by atoms with Gasteiger partial charge in [0, 0.05) is 24.2 Å². The van der Waals surface area contributed by atoms with Crippen LogP contribution >= 0.6 is 11.8 Å². The second-order valence-corrected chi connectivity index (χ2v) is 7.94. The van der Waals surface area contributed by atoms with Gasteiger partial charge in [0.05, 0.1) is 6.04 Å². The quantitative estimate of drug-likeness (QED) is 0.585. The normalized spacial score (nSPS) is 16.2. The van der Waals surface area contributed by atoms with Crippen LogP contribution in [0.5, 0.6) is 0 Å². The third-order valence-corrected chi connectivity index (χ3v) is 5.78. The highest BCUT2D eigenvalue weighted by Gasteiger charge is 2.22. The third kappa shape index (κ3) is 4.64. The van der Waals surface area contributed by atoms with Crippen LogP contribution < -0.4 is 0 Å². The summed E-state index contributed by atoms with van der Waals surface area (Å²) in [5.41, 5.74) is 5.00. The Kier molecular flexibility index (Phi) is 5.64. The molecule has 0 aliphatic carbocycles. The van der Waals surface area contributed by atoms with E-state index in [4.69, 9.17) is 9.73 Å². The fourth-order valence-corrected chi connectivity index (χ4v) is 4.27. The maximum Gasteiger partial charge on any atom is 0.233 e. The van der Waals surface area contributed by atoms with Gasteiger partial charge >= 0.3 is 0 Å². The van der Waals surface area contributed by atoms with Gasteiger partial charge in [0.2, 0.25) is 5.90 Å². The van der Waals surface area contributed by atoms with Crippen LogP contribution in [-0.4, -0.2) is 28.9 Å². The lowest BCUT2D eigenvalue weighted by atomic mass is 10.1. The van der Waals surface area contributed by atoms with Crippen molar-refractivity contribution in [1.82, 2.24) is 4.57 Å². The van der Waals surface area contributed by atoms with E-state index < -0.39 is 0 Å². The van der Waals surface area contributed by atoms with Crippen molar-refractivity contribution < 1.29 is 4.74 Å². The smallest absolute Gasteiger partial charge is 0.233 e. The van der Waals surface area contributed by atoms with Gasteiger partial charge in [-0.3, -0.25) is 0 Å². The molecule has 0 amide bonds. The largest absolute Gasteiger partial charge is 0.474 e. The Bertz CT molecular complexity index is 917. The summed E-state index contributed by atoms with van der Waals surface area (Å²) in [6, 6.07) is 23.6. The Labute approximate surface area is 165 Å². The molecule has 0 bridgehead atoms. The van der Waals surface area contributed by atoms with Gasteiger partial charge in [-0.1, -0.05) is 60.2 Å². The average molecular weight is 377 g/mol. The van der Waals surface area contributed by atoms with Crippen LogP contribution in [-0.2, 0) is 17.0 Å². The summed E-state index contributed by atoms with van der Waals surface area (Å²) in [5.74, 6) is 2.78. The average Bonchev–Trinajstić information content (AvgIpc) is 3.32. The van der Waals surface area contributed by atoms with Gasteiger partial charge in [-0.15, -0.1) is 0 Å². The van der Waals surface area contributed by atoms with Crippen molar-refractivity contribution in [3.05, 3.63) is 95.3 Å². The van der Waals surface area contributed by atoms with Crippen LogP contribution in [0.4, 0.5) is 0 Å². The molecule has 27 heavy (non-hydrogen) atoms. The topological polar surface area (TPSA) is 26.5 Å². The molecule has 0 N–H and O–H groups in total. The zero-order valence-electron chi connectivity index (χ0n) is 15.5. The van der Waals surface area contributed by atoms with Crippen molar-refractivity contribution in [2.45, 2.75) is 25.3 Å². The van der Waals surface area contributed by atoms with E-state index in [1.807, 2.05) is 11.8 Å². The molecule has 1 atom stereocenters. The molecular formula is C23H24N2OS. The molecule has 1 aliphatic rings. The van der Waals surface area contributed by atoms with Crippen molar-refractivity contribution in [3.8, 4) is 0 Å². The zero-order valence-corrected chi connectivity index (χ0v) is 16.4. The highest BCUT2D eigenvalue weighted by atomic mass is 32.2. The molecule has 0 saturated carbocycles. The number of benzene rings is 2. The SMILES string of the molecule is Cc1cccc(Cn2cccc2C2=N[C@@H](CSCc3ccccc3)CO2)c1. The molecule has 0 radical (unpaired) electrons. The van der Waals surface area contributed by atoms with Crippen LogP contribution in [0.15, 0.2) is 77.9 Å². The highest BCUT2D eigenvalue weighted by molar-refractivity contribution is 7.98. The van der Waals surface area contributed by atoms with Crippen LogP contribution in [0.25, 0.3) is 0 Å². The first-order valence-corrected chi connectivity index (χ1v) is 10.5. The molecule has 1 aromatic heterocycles. The number of thioether (sulfide) groups is 1. The van der Waals surface area contributed by atoms with Gasteiger partial charge in [-0.25, -0.2) is 4.99 Å². The molecule has 4 rings (SSSR count). The fourth-order valence-electron chi connectivity index (χ4n) is 3.28. The van der Waals surface area contributed by atoms with Gasteiger partial charge in [0.15, 0.2) is 0 Å². The first-order valence-electron chi connectivity index (χ1n) is 9.31. The number of hydrogen-bond acceptors (Lipinski definition) is 3. The molecule has 0 saturated heterocycles. The molecule has 0 spiro atoms. The minimum absolute atomic E-state index is 0.232. The van der Waals surface area contributed by atoms with Gasteiger partial charge < -0.3 is 9.30 Å². The van der Waals surface area contributed by atoms with Crippen molar-refractivity contribution in [2.24, 2.45) is 4.99 Å². The molecule has 3 aromatic rings. The molecule has 0 fully saturated rings. The molecule has 2 heterocycles. The monoisotopic (exact) mass is 376 g/mol. The Hall–Kier alpha value is -2.46. The summed E-state index contributed by atoms with van der Waals surface area (Å²) in [7, 11) is 0. The first-order chi connectivity index (χ1) is 13.3. The number of rotatable bonds is 7. The molecule has 2 aromatic carbocycles. The van der Waals surface area contributed by atoms with Crippen molar-refractivity contribution >= 4 is 17.7 Å². The predicted molar refractivity (Wildman–Crippen MR) is 114 cm³/mol. The van der Waals surface area contributed by atoms with Crippen LogP contribution in [0.3, 0.4) is 0 Å². The van der Waals surface area contributed by atoms with E-state index in [1.165, 1.54) is 16.7 Å². The van der Waals surface area contributed by atoms with E-state index in [9.17, 15) is 0 Å². The standard InChI is InChI=1S/C23H24N2OS/c1-18-7-5-10-20(13-18)14-25-12-6-11-22(25)23-24-21(15-26-23)17-27-16-19-8-3-2-4-9-19/h2-13,21H,14-17H2,1H3/t21-/m1/s1. The van der Waals surface area contributed by atoms with Crippen molar-refractivity contribution in [3.63, 3.8) is 0 Å². The molecule has 0 unspecified atom stereocenters. The molecule has 138 valence electrons. The van der Waals surface area contributed by atoms with E-state index in [2.05, 4.69) is 84.4 Å². The van der Waals surface area contributed by atoms with E-state index in [1.54, 1.807) is 0 Å². The van der Waals surface area contributed by atoms with Crippen LogP contribution in [0, 0.1) is 6.92 Å². The minimum atomic E-state index is 0.232. The third-order valence-electron chi connectivity index (χ3n) is 4.62. The Balaban J connectivity index is 1.38. The van der Waals surface area contributed by atoms with Crippen LogP contribution in [0.1, 0.15) is 22.4 Å². The summed E-state index contributed by atoms with van der Waals surface area (Å²) >= 11 is 1.92. The number of ether oxygens (including phenoxy) is 1. The summed E-state index contributed by atoms with van der Waals surface area (Å²) in [4.78, 5) is 4.83. The van der Waals surface area contributed by atoms with E-state index >= 15 is 0 Å². The molecule has 4 heteroatoms. The Morgan fingerprint density at radius 1 is 1.04 bits per heavy atom.